The van der Waals surface area contributed by atoms with Gasteiger partial charge in [-0.1, -0.05) is 49.2 Å². The van der Waals surface area contributed by atoms with Gasteiger partial charge in [-0.15, -0.1) is 0 Å². The Hall–Kier alpha value is -0.820. The van der Waals surface area contributed by atoms with E-state index in [4.69, 9.17) is 11.6 Å². The first-order chi connectivity index (χ1) is 7.99. The first-order valence-electron chi connectivity index (χ1n) is 6.26. The van der Waals surface area contributed by atoms with Crippen LogP contribution in [0.15, 0.2) is 34.9 Å². The second kappa shape index (κ2) is 4.81. The maximum atomic E-state index is 12.2. The molecule has 0 spiro atoms. The highest BCUT2D eigenvalue weighted by molar-refractivity contribution is 6.31. The lowest BCUT2D eigenvalue weighted by Gasteiger charge is -2.16. The SMILES string of the molecule is CC1(C)CCC(CC2=CCC=C(Cl)C=C2)C1=O. The predicted octanol–water partition coefficient (Wildman–Crippen LogP) is 4.39. The van der Waals surface area contributed by atoms with Crippen LogP contribution in [0.25, 0.3) is 0 Å². The van der Waals surface area contributed by atoms with Crippen molar-refractivity contribution in [2.75, 3.05) is 0 Å². The summed E-state index contributed by atoms with van der Waals surface area (Å²) in [5, 5.41) is 0.786. The van der Waals surface area contributed by atoms with E-state index in [1.165, 1.54) is 5.57 Å². The van der Waals surface area contributed by atoms with Gasteiger partial charge in [0.2, 0.25) is 0 Å². The Morgan fingerprint density at radius 3 is 2.76 bits per heavy atom. The lowest BCUT2D eigenvalue weighted by Crippen LogP contribution is -2.21. The van der Waals surface area contributed by atoms with E-state index in [1.807, 2.05) is 18.2 Å². The molecule has 0 aromatic rings. The van der Waals surface area contributed by atoms with Gasteiger partial charge in [-0.25, -0.2) is 0 Å². The highest BCUT2D eigenvalue weighted by Gasteiger charge is 2.40. The van der Waals surface area contributed by atoms with Crippen molar-refractivity contribution >= 4 is 17.4 Å². The molecule has 2 rings (SSSR count). The molecule has 0 heterocycles. The minimum Gasteiger partial charge on any atom is -0.299 e. The molecular weight excluding hydrogens is 232 g/mol. The molecule has 0 amide bonds. The van der Waals surface area contributed by atoms with E-state index in [2.05, 4.69) is 19.9 Å². The van der Waals surface area contributed by atoms with E-state index >= 15 is 0 Å². The first-order valence-corrected chi connectivity index (χ1v) is 6.64. The van der Waals surface area contributed by atoms with Crippen molar-refractivity contribution in [3.05, 3.63) is 34.9 Å². The van der Waals surface area contributed by atoms with Crippen LogP contribution in [-0.2, 0) is 4.79 Å². The molecule has 0 saturated heterocycles. The van der Waals surface area contributed by atoms with Crippen molar-refractivity contribution in [3.63, 3.8) is 0 Å². The maximum absolute atomic E-state index is 12.2. The summed E-state index contributed by atoms with van der Waals surface area (Å²) in [6.07, 6.45) is 11.9. The molecule has 1 fully saturated rings. The second-order valence-corrected chi connectivity index (χ2v) is 6.06. The summed E-state index contributed by atoms with van der Waals surface area (Å²) < 4.78 is 0. The van der Waals surface area contributed by atoms with Gasteiger partial charge in [-0.2, -0.15) is 0 Å². The highest BCUT2D eigenvalue weighted by atomic mass is 35.5. The first kappa shape index (κ1) is 12.6. The molecule has 0 aliphatic heterocycles. The van der Waals surface area contributed by atoms with Crippen LogP contribution in [0.5, 0.6) is 0 Å². The van der Waals surface area contributed by atoms with Gasteiger partial charge < -0.3 is 0 Å². The summed E-state index contributed by atoms with van der Waals surface area (Å²) in [5.74, 6) is 0.632. The van der Waals surface area contributed by atoms with Crippen LogP contribution in [0.4, 0.5) is 0 Å². The Bertz CT molecular complexity index is 413. The third kappa shape index (κ3) is 2.90. The summed E-state index contributed by atoms with van der Waals surface area (Å²) in [6.45, 7) is 4.12. The Kier molecular flexibility index (Phi) is 3.58. The zero-order chi connectivity index (χ0) is 12.5. The fourth-order valence-electron chi connectivity index (χ4n) is 2.62. The van der Waals surface area contributed by atoms with Gasteiger partial charge in [0, 0.05) is 16.4 Å². The van der Waals surface area contributed by atoms with Gasteiger partial charge in [0.05, 0.1) is 0 Å². The highest BCUT2D eigenvalue weighted by Crippen LogP contribution is 2.40. The average molecular weight is 251 g/mol. The molecule has 2 aliphatic carbocycles. The van der Waals surface area contributed by atoms with Crippen molar-refractivity contribution in [2.45, 2.75) is 39.5 Å². The molecule has 1 unspecified atom stereocenters. The molecule has 0 radical (unpaired) electrons. The van der Waals surface area contributed by atoms with Gasteiger partial charge in [0.15, 0.2) is 0 Å². The van der Waals surface area contributed by atoms with E-state index in [-0.39, 0.29) is 11.3 Å². The number of halogens is 1. The Labute approximate surface area is 108 Å². The summed E-state index contributed by atoms with van der Waals surface area (Å²) in [7, 11) is 0. The normalized spacial score (nSPS) is 27.7. The van der Waals surface area contributed by atoms with Crippen LogP contribution in [0.2, 0.25) is 0 Å². The Morgan fingerprint density at radius 2 is 2.12 bits per heavy atom. The molecule has 2 aliphatic rings. The predicted molar refractivity (Wildman–Crippen MR) is 71.9 cm³/mol. The quantitative estimate of drug-likeness (QED) is 0.710. The zero-order valence-electron chi connectivity index (χ0n) is 10.5. The van der Waals surface area contributed by atoms with Crippen LogP contribution < -0.4 is 0 Å². The molecule has 1 atom stereocenters. The lowest BCUT2D eigenvalue weighted by atomic mass is 9.87. The molecule has 1 nitrogen and oxygen atoms in total. The number of hydrogen-bond acceptors (Lipinski definition) is 1. The minimum absolute atomic E-state index is 0.116. The van der Waals surface area contributed by atoms with E-state index < -0.39 is 0 Å². The van der Waals surface area contributed by atoms with Crippen LogP contribution in [0, 0.1) is 11.3 Å². The van der Waals surface area contributed by atoms with E-state index in [0.29, 0.717) is 5.78 Å². The molecule has 0 bridgehead atoms. The minimum atomic E-state index is -0.116. The van der Waals surface area contributed by atoms with Crippen molar-refractivity contribution < 1.29 is 4.79 Å². The number of rotatable bonds is 2. The molecule has 92 valence electrons. The van der Waals surface area contributed by atoms with Crippen molar-refractivity contribution in [1.82, 2.24) is 0 Å². The fourth-order valence-corrected chi connectivity index (χ4v) is 2.77. The van der Waals surface area contributed by atoms with Crippen molar-refractivity contribution in [3.8, 4) is 0 Å². The Balaban J connectivity index is 2.02. The molecule has 17 heavy (non-hydrogen) atoms. The lowest BCUT2D eigenvalue weighted by molar-refractivity contribution is -0.127. The topological polar surface area (TPSA) is 17.1 Å². The molecule has 1 saturated carbocycles. The van der Waals surface area contributed by atoms with Crippen LogP contribution >= 0.6 is 11.6 Å². The van der Waals surface area contributed by atoms with Gasteiger partial charge in [-0.3, -0.25) is 4.79 Å². The van der Waals surface area contributed by atoms with Crippen LogP contribution in [0.1, 0.15) is 39.5 Å². The smallest absolute Gasteiger partial charge is 0.141 e. The third-order valence-electron chi connectivity index (χ3n) is 3.79. The largest absolute Gasteiger partial charge is 0.299 e. The number of carbonyl (C=O) groups is 1. The number of Topliss-reactive ketones (excluding diaryl/α,β-unsaturated/α-hetero) is 1. The van der Waals surface area contributed by atoms with E-state index in [0.717, 1.165) is 30.7 Å². The summed E-state index contributed by atoms with van der Waals surface area (Å²) >= 11 is 5.95. The van der Waals surface area contributed by atoms with Gasteiger partial charge in [-0.05, 0) is 31.8 Å². The molecule has 0 aromatic heterocycles. The number of ketones is 1. The number of carbonyl (C=O) groups excluding carboxylic acids is 1. The second-order valence-electron chi connectivity index (χ2n) is 5.62. The third-order valence-corrected chi connectivity index (χ3v) is 4.07. The summed E-state index contributed by atoms with van der Waals surface area (Å²) in [5.41, 5.74) is 1.13. The zero-order valence-corrected chi connectivity index (χ0v) is 11.3. The summed E-state index contributed by atoms with van der Waals surface area (Å²) in [6, 6.07) is 0. The standard InChI is InChI=1S/C15H19ClO/c1-15(2)9-8-12(14(15)17)10-11-4-3-5-13(16)7-6-11/h4-7,12H,3,8-10H2,1-2H3. The van der Waals surface area contributed by atoms with Gasteiger partial charge in [0.1, 0.15) is 5.78 Å². The average Bonchev–Trinajstić information content (AvgIpc) is 2.44. The maximum Gasteiger partial charge on any atom is 0.141 e. The molecule has 0 aromatic carbocycles. The molecule has 2 heteroatoms. The molecule has 0 N–H and O–H groups in total. The van der Waals surface area contributed by atoms with E-state index in [9.17, 15) is 4.79 Å². The Morgan fingerprint density at radius 1 is 1.35 bits per heavy atom. The van der Waals surface area contributed by atoms with Crippen LogP contribution in [0.3, 0.4) is 0 Å². The van der Waals surface area contributed by atoms with Gasteiger partial charge in [0.25, 0.3) is 0 Å². The summed E-state index contributed by atoms with van der Waals surface area (Å²) in [4.78, 5) is 12.2. The fraction of sp³-hybridized carbons (Fsp3) is 0.533. The van der Waals surface area contributed by atoms with Crippen molar-refractivity contribution in [1.29, 1.82) is 0 Å². The molecular formula is C15H19ClO. The monoisotopic (exact) mass is 250 g/mol. The van der Waals surface area contributed by atoms with Crippen LogP contribution in [-0.4, -0.2) is 5.78 Å². The van der Waals surface area contributed by atoms with Crippen molar-refractivity contribution in [2.24, 2.45) is 11.3 Å². The number of hydrogen-bond donors (Lipinski definition) is 0. The van der Waals surface area contributed by atoms with E-state index in [1.54, 1.807) is 0 Å². The van der Waals surface area contributed by atoms with Gasteiger partial charge >= 0.3 is 0 Å². The number of allylic oxidation sites excluding steroid dienone is 6.